The summed E-state index contributed by atoms with van der Waals surface area (Å²) in [7, 11) is -1.34. The van der Waals surface area contributed by atoms with E-state index in [1.165, 1.54) is 7.05 Å². The number of hydroxylamine groups is 1. The summed E-state index contributed by atoms with van der Waals surface area (Å²) < 4.78 is 18.3. The fraction of sp³-hybridized carbons (Fsp3) is 1.00. The van der Waals surface area contributed by atoms with Gasteiger partial charge in [0.05, 0.1) is 0 Å². The molecule has 0 aromatic heterocycles. The molecule has 0 aromatic rings. The summed E-state index contributed by atoms with van der Waals surface area (Å²) in [5, 5.41) is 0. The first-order chi connectivity index (χ1) is 3.62. The molecule has 5 nitrogen and oxygen atoms in total. The molecule has 0 aliphatic heterocycles. The van der Waals surface area contributed by atoms with Gasteiger partial charge in [0.1, 0.15) is 0 Å². The Labute approximate surface area is 47.2 Å². The van der Waals surface area contributed by atoms with Crippen LogP contribution in [-0.2, 0) is 13.7 Å². The van der Waals surface area contributed by atoms with Crippen LogP contribution in [0.25, 0.3) is 0 Å². The van der Waals surface area contributed by atoms with Crippen LogP contribution in [-0.4, -0.2) is 19.1 Å². The summed E-state index contributed by atoms with van der Waals surface area (Å²) in [4.78, 5) is 8.37. The molecule has 0 saturated heterocycles. The number of nitrogens with one attached hydrogen (secondary N) is 1. The first kappa shape index (κ1) is 8.07. The molecule has 2 N–H and O–H groups in total. The largest absolute Gasteiger partial charge is 0.488 e. The molecule has 0 fully saturated rings. The molecular formula is C2H8NO4P. The first-order valence-corrected chi connectivity index (χ1v) is 3.36. The van der Waals surface area contributed by atoms with Crippen LogP contribution >= 0.6 is 7.82 Å². The average molecular weight is 141 g/mol. The second-order valence-electron chi connectivity index (χ2n) is 0.947. The maximum Gasteiger partial charge on any atom is 0.488 e. The van der Waals surface area contributed by atoms with E-state index in [0.29, 0.717) is 0 Å². The van der Waals surface area contributed by atoms with E-state index < -0.39 is 7.82 Å². The molecule has 1 unspecified atom stereocenters. The molecule has 0 aliphatic carbocycles. The minimum absolute atomic E-state index is 1.08. The normalized spacial score (nSPS) is 17.9. The fourth-order valence-corrected chi connectivity index (χ4v) is 0.458. The lowest BCUT2D eigenvalue weighted by Crippen LogP contribution is -2.05. The molecule has 1 atom stereocenters. The minimum Gasteiger partial charge on any atom is -0.302 e. The molecule has 8 heavy (non-hydrogen) atoms. The van der Waals surface area contributed by atoms with Crippen molar-refractivity contribution in [1.29, 1.82) is 0 Å². The van der Waals surface area contributed by atoms with Crippen LogP contribution in [0.5, 0.6) is 0 Å². The van der Waals surface area contributed by atoms with Gasteiger partial charge in [0.25, 0.3) is 0 Å². The van der Waals surface area contributed by atoms with Gasteiger partial charge in [0, 0.05) is 14.2 Å². The Morgan fingerprint density at radius 1 is 1.75 bits per heavy atom. The van der Waals surface area contributed by atoms with Gasteiger partial charge in [-0.15, -0.1) is 0 Å². The molecule has 0 spiro atoms. The SMILES string of the molecule is CNOP(=O)(O)OC. The Balaban J connectivity index is 3.55. The maximum atomic E-state index is 10.2. The number of phosphoric acid groups is 1. The van der Waals surface area contributed by atoms with E-state index in [2.05, 4.69) is 9.15 Å². The molecule has 0 rings (SSSR count). The Morgan fingerprint density at radius 3 is 2.38 bits per heavy atom. The topological polar surface area (TPSA) is 67.8 Å². The van der Waals surface area contributed by atoms with E-state index >= 15 is 0 Å². The smallest absolute Gasteiger partial charge is 0.302 e. The Morgan fingerprint density at radius 2 is 2.25 bits per heavy atom. The van der Waals surface area contributed by atoms with Crippen LogP contribution in [0, 0.1) is 0 Å². The zero-order valence-corrected chi connectivity index (χ0v) is 5.51. The zero-order chi connectivity index (χ0) is 6.62. The quantitative estimate of drug-likeness (QED) is 0.423. The zero-order valence-electron chi connectivity index (χ0n) is 4.62. The van der Waals surface area contributed by atoms with Gasteiger partial charge in [-0.2, -0.15) is 10.1 Å². The molecular weight excluding hydrogens is 133 g/mol. The van der Waals surface area contributed by atoms with Crippen molar-refractivity contribution in [3.63, 3.8) is 0 Å². The van der Waals surface area contributed by atoms with Gasteiger partial charge in [0.2, 0.25) is 0 Å². The van der Waals surface area contributed by atoms with Gasteiger partial charge in [-0.25, -0.2) is 4.57 Å². The van der Waals surface area contributed by atoms with Crippen LogP contribution in [0.4, 0.5) is 0 Å². The second kappa shape index (κ2) is 3.17. The van der Waals surface area contributed by atoms with E-state index in [1.54, 1.807) is 0 Å². The van der Waals surface area contributed by atoms with Crippen LogP contribution in [0.3, 0.4) is 0 Å². The van der Waals surface area contributed by atoms with E-state index in [9.17, 15) is 4.57 Å². The number of phosphoric ester groups is 1. The highest BCUT2D eigenvalue weighted by atomic mass is 31.2. The van der Waals surface area contributed by atoms with Gasteiger partial charge in [-0.05, 0) is 0 Å². The van der Waals surface area contributed by atoms with Gasteiger partial charge in [0.15, 0.2) is 0 Å². The third-order valence-corrected chi connectivity index (χ3v) is 1.31. The average Bonchev–Trinajstić information content (AvgIpc) is 1.67. The van der Waals surface area contributed by atoms with Crippen molar-refractivity contribution in [2.45, 2.75) is 0 Å². The summed E-state index contributed by atoms with van der Waals surface area (Å²) in [6.07, 6.45) is 0. The number of hydrogen-bond acceptors (Lipinski definition) is 4. The first-order valence-electron chi connectivity index (χ1n) is 1.86. The highest BCUT2D eigenvalue weighted by Gasteiger charge is 2.16. The van der Waals surface area contributed by atoms with E-state index in [4.69, 9.17) is 4.89 Å². The molecule has 0 amide bonds. The van der Waals surface area contributed by atoms with Crippen molar-refractivity contribution in [2.24, 2.45) is 0 Å². The summed E-state index contributed by atoms with van der Waals surface area (Å²) in [6, 6.07) is 0. The summed E-state index contributed by atoms with van der Waals surface area (Å²) in [5.74, 6) is 0. The predicted molar refractivity (Wildman–Crippen MR) is 27.0 cm³/mol. The molecule has 0 saturated carbocycles. The molecule has 50 valence electrons. The van der Waals surface area contributed by atoms with Crippen LogP contribution in [0.2, 0.25) is 0 Å². The Bertz CT molecular complexity index is 104. The Hall–Kier alpha value is 0.0700. The van der Waals surface area contributed by atoms with Crippen molar-refractivity contribution < 1.29 is 18.6 Å². The van der Waals surface area contributed by atoms with E-state index in [1.807, 2.05) is 5.48 Å². The molecule has 0 heterocycles. The lowest BCUT2D eigenvalue weighted by molar-refractivity contribution is 0.125. The molecule has 0 aromatic carbocycles. The summed E-state index contributed by atoms with van der Waals surface area (Å²) in [5.41, 5.74) is 2.02. The lowest BCUT2D eigenvalue weighted by atomic mass is 11.6. The van der Waals surface area contributed by atoms with Crippen LogP contribution < -0.4 is 5.48 Å². The predicted octanol–water partition coefficient (Wildman–Crippen LogP) is -0.116. The molecule has 6 heteroatoms. The van der Waals surface area contributed by atoms with Crippen molar-refractivity contribution in [3.8, 4) is 0 Å². The Kier molecular flexibility index (Phi) is 3.19. The maximum absolute atomic E-state index is 10.2. The van der Waals surface area contributed by atoms with Crippen molar-refractivity contribution in [1.82, 2.24) is 5.48 Å². The standard InChI is InChI=1S/C2H8NO4P/c1-3-7-8(4,5)6-2/h3H,1-2H3,(H,4,5). The highest BCUT2D eigenvalue weighted by molar-refractivity contribution is 7.47. The third kappa shape index (κ3) is 3.12. The van der Waals surface area contributed by atoms with Crippen molar-refractivity contribution >= 4 is 7.82 Å². The summed E-state index contributed by atoms with van der Waals surface area (Å²) >= 11 is 0. The second-order valence-corrected chi connectivity index (χ2v) is 2.43. The molecule has 0 bridgehead atoms. The summed E-state index contributed by atoms with van der Waals surface area (Å²) in [6.45, 7) is 0. The monoisotopic (exact) mass is 141 g/mol. The van der Waals surface area contributed by atoms with Gasteiger partial charge in [-0.1, -0.05) is 0 Å². The number of rotatable bonds is 3. The van der Waals surface area contributed by atoms with Gasteiger partial charge < -0.3 is 4.89 Å². The molecule has 0 aliphatic rings. The van der Waals surface area contributed by atoms with E-state index in [-0.39, 0.29) is 0 Å². The molecule has 0 radical (unpaired) electrons. The number of hydrogen-bond donors (Lipinski definition) is 2. The van der Waals surface area contributed by atoms with E-state index in [0.717, 1.165) is 7.11 Å². The van der Waals surface area contributed by atoms with Crippen LogP contribution in [0.15, 0.2) is 0 Å². The van der Waals surface area contributed by atoms with Crippen LogP contribution in [0.1, 0.15) is 0 Å². The van der Waals surface area contributed by atoms with Gasteiger partial charge in [-0.3, -0.25) is 4.52 Å². The minimum atomic E-state index is -3.78. The van der Waals surface area contributed by atoms with Gasteiger partial charge >= 0.3 is 7.82 Å². The van der Waals surface area contributed by atoms with Crippen molar-refractivity contribution in [2.75, 3.05) is 14.2 Å². The highest BCUT2D eigenvalue weighted by Crippen LogP contribution is 2.39. The lowest BCUT2D eigenvalue weighted by Gasteiger charge is -2.04. The third-order valence-electron chi connectivity index (χ3n) is 0.437. The fourth-order valence-electron chi connectivity index (χ4n) is 0.153. The van der Waals surface area contributed by atoms with Crippen molar-refractivity contribution in [3.05, 3.63) is 0 Å².